The highest BCUT2D eigenvalue weighted by Gasteiger charge is 2.50. The van der Waals surface area contributed by atoms with Crippen molar-refractivity contribution < 1.29 is 14.0 Å². The molecule has 2 aliphatic rings. The van der Waals surface area contributed by atoms with Gasteiger partial charge in [0.05, 0.1) is 5.41 Å². The minimum atomic E-state index is -0.510. The number of amides is 2. The molecule has 0 radical (unpaired) electrons. The lowest BCUT2D eigenvalue weighted by Crippen LogP contribution is -2.46. The molecule has 0 bridgehead atoms. The van der Waals surface area contributed by atoms with E-state index in [1.54, 1.807) is 11.0 Å². The maximum atomic E-state index is 13.5. The van der Waals surface area contributed by atoms with Crippen LogP contribution in [0.25, 0.3) is 0 Å². The first-order valence-electron chi connectivity index (χ1n) is 9.65. The van der Waals surface area contributed by atoms with Crippen molar-refractivity contribution in [2.24, 2.45) is 5.41 Å². The number of hydrogen-bond acceptors (Lipinski definition) is 4. The van der Waals surface area contributed by atoms with Gasteiger partial charge in [-0.2, -0.15) is 0 Å². The smallest absolute Gasteiger partial charge is 0.270 e. The van der Waals surface area contributed by atoms with Crippen molar-refractivity contribution in [3.8, 4) is 0 Å². The summed E-state index contributed by atoms with van der Waals surface area (Å²) < 4.78 is 13.5. The summed E-state index contributed by atoms with van der Waals surface area (Å²) >= 11 is 0. The van der Waals surface area contributed by atoms with Crippen molar-refractivity contribution in [1.29, 1.82) is 0 Å². The molecule has 7 heteroatoms. The molecular formula is C21H23FN4O2. The third-order valence-corrected chi connectivity index (χ3v) is 5.80. The summed E-state index contributed by atoms with van der Waals surface area (Å²) in [6, 6.07) is 7.84. The average Bonchev–Trinajstić information content (AvgIpc) is 2.97. The first-order chi connectivity index (χ1) is 13.5. The number of nitrogens with zero attached hydrogens (tertiary/aromatic N) is 3. The number of hydrogen-bond donors (Lipinski definition) is 1. The van der Waals surface area contributed by atoms with Gasteiger partial charge in [0.25, 0.3) is 5.91 Å². The van der Waals surface area contributed by atoms with Crippen LogP contribution in [0.15, 0.2) is 36.5 Å². The second kappa shape index (κ2) is 7.30. The lowest BCUT2D eigenvalue weighted by molar-refractivity contribution is -0.127. The van der Waals surface area contributed by atoms with E-state index in [1.165, 1.54) is 18.3 Å². The van der Waals surface area contributed by atoms with Crippen LogP contribution in [0.3, 0.4) is 0 Å². The van der Waals surface area contributed by atoms with Gasteiger partial charge in [-0.3, -0.25) is 14.5 Å². The minimum absolute atomic E-state index is 0.0155. The van der Waals surface area contributed by atoms with E-state index in [9.17, 15) is 14.0 Å². The Morgan fingerprint density at radius 1 is 1.32 bits per heavy atom. The average molecular weight is 382 g/mol. The number of anilines is 1. The van der Waals surface area contributed by atoms with Crippen LogP contribution in [0, 0.1) is 18.2 Å². The third kappa shape index (κ3) is 3.48. The van der Waals surface area contributed by atoms with E-state index in [0.29, 0.717) is 30.9 Å². The number of halogens is 1. The van der Waals surface area contributed by atoms with Gasteiger partial charge in [-0.15, -0.1) is 0 Å². The molecule has 2 unspecified atom stereocenters. The fourth-order valence-corrected chi connectivity index (χ4v) is 4.42. The van der Waals surface area contributed by atoms with Crippen molar-refractivity contribution in [2.45, 2.75) is 45.1 Å². The summed E-state index contributed by atoms with van der Waals surface area (Å²) in [4.78, 5) is 35.7. The number of carbonyl (C=O) groups is 2. The lowest BCUT2D eigenvalue weighted by Gasteiger charge is -2.36. The Hall–Kier alpha value is -2.83. The molecule has 1 spiro atoms. The molecule has 2 amide bonds. The zero-order valence-corrected chi connectivity index (χ0v) is 15.8. The third-order valence-electron chi connectivity index (χ3n) is 5.80. The second-order valence-electron chi connectivity index (χ2n) is 7.75. The van der Waals surface area contributed by atoms with Crippen LogP contribution in [0.1, 0.15) is 48.3 Å². The van der Waals surface area contributed by atoms with E-state index in [0.717, 1.165) is 25.0 Å². The maximum absolute atomic E-state index is 13.5. The van der Waals surface area contributed by atoms with Gasteiger partial charge in [0.2, 0.25) is 5.91 Å². The summed E-state index contributed by atoms with van der Waals surface area (Å²) in [7, 11) is 0. The molecular weight excluding hydrogens is 359 g/mol. The number of aromatic nitrogens is 2. The molecule has 2 atom stereocenters. The normalized spacial score (nSPS) is 24.6. The van der Waals surface area contributed by atoms with E-state index < -0.39 is 11.2 Å². The van der Waals surface area contributed by atoms with Gasteiger partial charge in [-0.25, -0.2) is 14.4 Å². The van der Waals surface area contributed by atoms with E-state index in [1.807, 2.05) is 19.1 Å². The molecule has 6 nitrogen and oxygen atoms in total. The van der Waals surface area contributed by atoms with E-state index >= 15 is 0 Å². The SMILES string of the molecule is Cc1cccc(C(=O)NC2CCCC3(CCN(c4cc(F)ccn4)C3=O)C2)n1. The topological polar surface area (TPSA) is 75.2 Å². The maximum Gasteiger partial charge on any atom is 0.270 e. The van der Waals surface area contributed by atoms with E-state index in [4.69, 9.17) is 0 Å². The molecule has 28 heavy (non-hydrogen) atoms. The number of aryl methyl sites for hydroxylation is 1. The minimum Gasteiger partial charge on any atom is -0.348 e. The van der Waals surface area contributed by atoms with E-state index in [2.05, 4.69) is 15.3 Å². The van der Waals surface area contributed by atoms with Crippen LogP contribution in [0.2, 0.25) is 0 Å². The molecule has 2 aromatic heterocycles. The summed E-state index contributed by atoms with van der Waals surface area (Å²) in [5, 5.41) is 3.05. The highest BCUT2D eigenvalue weighted by Crippen LogP contribution is 2.45. The fraction of sp³-hybridized carbons (Fsp3) is 0.429. The first-order valence-corrected chi connectivity index (χ1v) is 9.65. The molecule has 2 aromatic rings. The van der Waals surface area contributed by atoms with Gasteiger partial charge in [-0.05, 0) is 50.8 Å². The van der Waals surface area contributed by atoms with Gasteiger partial charge >= 0.3 is 0 Å². The van der Waals surface area contributed by atoms with Gasteiger partial charge < -0.3 is 5.32 Å². The van der Waals surface area contributed by atoms with Crippen molar-refractivity contribution in [1.82, 2.24) is 15.3 Å². The molecule has 1 saturated heterocycles. The molecule has 1 aliphatic carbocycles. The number of nitrogens with one attached hydrogen (secondary N) is 1. The van der Waals surface area contributed by atoms with Gasteiger partial charge in [0.15, 0.2) is 0 Å². The Balaban J connectivity index is 1.47. The van der Waals surface area contributed by atoms with Gasteiger partial charge in [-0.1, -0.05) is 12.5 Å². The van der Waals surface area contributed by atoms with Crippen LogP contribution >= 0.6 is 0 Å². The summed E-state index contributed by atoms with van der Waals surface area (Å²) in [5.41, 5.74) is 0.671. The Morgan fingerprint density at radius 3 is 2.96 bits per heavy atom. The Morgan fingerprint density at radius 2 is 2.18 bits per heavy atom. The summed E-state index contributed by atoms with van der Waals surface area (Å²) in [5.74, 6) is -0.270. The van der Waals surface area contributed by atoms with Gasteiger partial charge in [0, 0.05) is 30.5 Å². The predicted molar refractivity (Wildman–Crippen MR) is 102 cm³/mol. The molecule has 0 aromatic carbocycles. The quantitative estimate of drug-likeness (QED) is 0.885. The monoisotopic (exact) mass is 382 g/mol. The Bertz CT molecular complexity index is 919. The largest absolute Gasteiger partial charge is 0.348 e. The Labute approximate surface area is 163 Å². The first kappa shape index (κ1) is 18.5. The predicted octanol–water partition coefficient (Wildman–Crippen LogP) is 3.02. The highest BCUT2D eigenvalue weighted by molar-refractivity contribution is 5.99. The molecule has 1 aliphatic heterocycles. The molecule has 2 fully saturated rings. The zero-order valence-electron chi connectivity index (χ0n) is 15.8. The number of pyridine rings is 2. The number of rotatable bonds is 3. The van der Waals surface area contributed by atoms with Crippen LogP contribution < -0.4 is 10.2 Å². The fourth-order valence-electron chi connectivity index (χ4n) is 4.42. The molecule has 146 valence electrons. The zero-order chi connectivity index (χ0) is 19.7. The van der Waals surface area contributed by atoms with Crippen molar-refractivity contribution >= 4 is 17.6 Å². The standard InChI is InChI=1S/C21H23FN4O2/c1-14-4-2-6-17(24-14)19(27)25-16-5-3-8-21(13-16)9-11-26(20(21)28)18-12-15(22)7-10-23-18/h2,4,6-7,10,12,16H,3,5,8-9,11,13H2,1H3,(H,25,27). The van der Waals surface area contributed by atoms with Crippen molar-refractivity contribution in [3.05, 3.63) is 53.7 Å². The van der Waals surface area contributed by atoms with Gasteiger partial charge in [0.1, 0.15) is 17.3 Å². The lowest BCUT2D eigenvalue weighted by atomic mass is 9.71. The number of carbonyl (C=O) groups excluding carboxylic acids is 2. The molecule has 1 N–H and O–H groups in total. The van der Waals surface area contributed by atoms with E-state index in [-0.39, 0.29) is 17.9 Å². The highest BCUT2D eigenvalue weighted by atomic mass is 19.1. The second-order valence-corrected chi connectivity index (χ2v) is 7.75. The van der Waals surface area contributed by atoms with Crippen LogP contribution in [0.4, 0.5) is 10.2 Å². The van der Waals surface area contributed by atoms with Crippen molar-refractivity contribution in [2.75, 3.05) is 11.4 Å². The molecule has 1 saturated carbocycles. The summed E-state index contributed by atoms with van der Waals surface area (Å²) in [6.45, 7) is 2.37. The molecule has 4 rings (SSSR count). The van der Waals surface area contributed by atoms with Crippen molar-refractivity contribution in [3.63, 3.8) is 0 Å². The molecule has 3 heterocycles. The van der Waals surface area contributed by atoms with Crippen LogP contribution in [-0.4, -0.2) is 34.4 Å². The van der Waals surface area contributed by atoms with Crippen LogP contribution in [-0.2, 0) is 4.79 Å². The Kier molecular flexibility index (Phi) is 4.83. The van der Waals surface area contributed by atoms with Crippen LogP contribution in [0.5, 0.6) is 0 Å². The summed E-state index contributed by atoms with van der Waals surface area (Å²) in [6.07, 6.45) is 5.15.